The molecular formula is C15H13ClN2O3S. The minimum Gasteiger partial charge on any atom is -0.346 e. The summed E-state index contributed by atoms with van der Waals surface area (Å²) in [6, 6.07) is 14.0. The molecule has 0 aliphatic carbocycles. The molecule has 2 aromatic rings. The van der Waals surface area contributed by atoms with Gasteiger partial charge in [-0.2, -0.15) is 8.42 Å². The molecule has 0 saturated heterocycles. The Morgan fingerprint density at radius 2 is 1.82 bits per heavy atom. The number of benzene rings is 2. The molecule has 0 fully saturated rings. The highest BCUT2D eigenvalue weighted by atomic mass is 35.5. The fraction of sp³-hybridized carbons (Fsp3) is 0.133. The van der Waals surface area contributed by atoms with Crippen LogP contribution < -0.4 is 5.32 Å². The van der Waals surface area contributed by atoms with E-state index in [1.807, 2.05) is 6.07 Å². The molecule has 1 atom stereocenters. The van der Waals surface area contributed by atoms with Gasteiger partial charge in [0.15, 0.2) is 0 Å². The molecule has 22 heavy (non-hydrogen) atoms. The van der Waals surface area contributed by atoms with E-state index in [-0.39, 0.29) is 6.42 Å². The average molecular weight is 337 g/mol. The van der Waals surface area contributed by atoms with E-state index in [4.69, 9.17) is 11.6 Å². The molecule has 0 bridgehead atoms. The number of rotatable bonds is 3. The van der Waals surface area contributed by atoms with Crippen molar-refractivity contribution in [3.05, 3.63) is 64.7 Å². The van der Waals surface area contributed by atoms with Crippen LogP contribution in [0.2, 0.25) is 5.02 Å². The maximum absolute atomic E-state index is 12.0. The first-order valence-electron chi connectivity index (χ1n) is 6.54. The van der Waals surface area contributed by atoms with Gasteiger partial charge in [-0.3, -0.25) is 4.55 Å². The lowest BCUT2D eigenvalue weighted by molar-refractivity contribution is 0.438. The maximum atomic E-state index is 12.0. The van der Waals surface area contributed by atoms with Crippen molar-refractivity contribution in [2.24, 2.45) is 4.99 Å². The van der Waals surface area contributed by atoms with Crippen LogP contribution in [0.3, 0.4) is 0 Å². The smallest absolute Gasteiger partial charge is 0.311 e. The van der Waals surface area contributed by atoms with Gasteiger partial charge in [0, 0.05) is 28.9 Å². The van der Waals surface area contributed by atoms with Crippen LogP contribution in [-0.4, -0.2) is 24.2 Å². The Balaban J connectivity index is 2.08. The van der Waals surface area contributed by atoms with E-state index in [1.54, 1.807) is 42.5 Å². The number of hydrogen-bond donors (Lipinski definition) is 2. The molecule has 1 aliphatic rings. The van der Waals surface area contributed by atoms with Gasteiger partial charge in [0.2, 0.25) is 0 Å². The molecule has 0 radical (unpaired) electrons. The Morgan fingerprint density at radius 3 is 2.55 bits per heavy atom. The molecule has 3 rings (SSSR count). The highest BCUT2D eigenvalue weighted by Crippen LogP contribution is 2.33. The van der Waals surface area contributed by atoms with E-state index in [0.29, 0.717) is 16.3 Å². The van der Waals surface area contributed by atoms with E-state index < -0.39 is 15.1 Å². The van der Waals surface area contributed by atoms with Gasteiger partial charge in [0.25, 0.3) is 4.99 Å². The molecule has 1 unspecified atom stereocenters. The van der Waals surface area contributed by atoms with Gasteiger partial charge < -0.3 is 5.32 Å². The van der Waals surface area contributed by atoms with Crippen molar-refractivity contribution in [2.45, 2.75) is 11.4 Å². The SMILES string of the molecule is O=S(=O)(O)C1(Cc2ccccc2Cl)N=Cc2ccccc2N1. The Hall–Kier alpha value is -1.89. The molecule has 0 saturated carbocycles. The average Bonchev–Trinajstić information content (AvgIpc) is 2.48. The molecule has 0 spiro atoms. The Bertz CT molecular complexity index is 851. The summed E-state index contributed by atoms with van der Waals surface area (Å²) in [6.07, 6.45) is 1.35. The lowest BCUT2D eigenvalue weighted by Crippen LogP contribution is -2.48. The van der Waals surface area contributed by atoms with Crippen molar-refractivity contribution in [1.29, 1.82) is 0 Å². The molecule has 114 valence electrons. The number of aliphatic imine (C=N–C) groups is 1. The molecular weight excluding hydrogens is 324 g/mol. The van der Waals surface area contributed by atoms with Crippen molar-refractivity contribution < 1.29 is 13.0 Å². The largest absolute Gasteiger partial charge is 0.346 e. The zero-order valence-electron chi connectivity index (χ0n) is 11.4. The molecule has 2 N–H and O–H groups in total. The van der Waals surface area contributed by atoms with Crippen LogP contribution in [0.5, 0.6) is 0 Å². The summed E-state index contributed by atoms with van der Waals surface area (Å²) in [6.45, 7) is 0. The fourth-order valence-corrected chi connectivity index (χ4v) is 3.32. The third kappa shape index (κ3) is 2.61. The highest BCUT2D eigenvalue weighted by Gasteiger charge is 2.45. The van der Waals surface area contributed by atoms with Gasteiger partial charge in [-0.25, -0.2) is 4.99 Å². The highest BCUT2D eigenvalue weighted by molar-refractivity contribution is 7.87. The van der Waals surface area contributed by atoms with Crippen molar-refractivity contribution in [1.82, 2.24) is 0 Å². The molecule has 0 aromatic heterocycles. The predicted molar refractivity (Wildman–Crippen MR) is 87.1 cm³/mol. The summed E-state index contributed by atoms with van der Waals surface area (Å²) in [7, 11) is -4.51. The maximum Gasteiger partial charge on any atom is 0.311 e. The minimum atomic E-state index is -4.51. The topological polar surface area (TPSA) is 78.8 Å². The molecule has 5 nitrogen and oxygen atoms in total. The Kier molecular flexibility index (Phi) is 3.68. The summed E-state index contributed by atoms with van der Waals surface area (Å²) in [4.78, 5) is 2.19. The number of para-hydroxylation sites is 1. The summed E-state index contributed by atoms with van der Waals surface area (Å²) < 4.78 is 33.7. The summed E-state index contributed by atoms with van der Waals surface area (Å²) in [5, 5.41) is 3.25. The first kappa shape index (κ1) is 15.0. The van der Waals surface area contributed by atoms with Crippen LogP contribution in [0.25, 0.3) is 0 Å². The number of nitrogens with zero attached hydrogens (tertiary/aromatic N) is 1. The summed E-state index contributed by atoms with van der Waals surface area (Å²) in [5.41, 5.74) is 1.91. The Labute approximate surface area is 133 Å². The standard InChI is InChI=1S/C15H13ClN2O3S/c16-13-7-3-1-5-11(13)9-15(22(19,20)21)17-10-12-6-2-4-8-14(12)18-15/h1-8,10,18H,9H2,(H,19,20,21). The van der Waals surface area contributed by atoms with Gasteiger partial charge in [0.1, 0.15) is 0 Å². The van der Waals surface area contributed by atoms with Gasteiger partial charge in [-0.05, 0) is 17.7 Å². The van der Waals surface area contributed by atoms with E-state index in [2.05, 4.69) is 10.3 Å². The van der Waals surface area contributed by atoms with Crippen LogP contribution in [0, 0.1) is 0 Å². The first-order valence-corrected chi connectivity index (χ1v) is 8.36. The number of fused-ring (bicyclic) bond motifs is 1. The van der Waals surface area contributed by atoms with Crippen molar-refractivity contribution in [2.75, 3.05) is 5.32 Å². The molecule has 1 aliphatic heterocycles. The monoisotopic (exact) mass is 336 g/mol. The predicted octanol–water partition coefficient (Wildman–Crippen LogP) is 2.97. The van der Waals surface area contributed by atoms with Gasteiger partial charge in [-0.15, -0.1) is 0 Å². The van der Waals surface area contributed by atoms with Gasteiger partial charge in [0.05, 0.1) is 0 Å². The van der Waals surface area contributed by atoms with Crippen molar-refractivity contribution >= 4 is 33.6 Å². The van der Waals surface area contributed by atoms with Crippen LogP contribution in [0.15, 0.2) is 53.5 Å². The van der Waals surface area contributed by atoms with Gasteiger partial charge >= 0.3 is 10.1 Å². The van der Waals surface area contributed by atoms with E-state index >= 15 is 0 Å². The third-order valence-corrected chi connectivity index (χ3v) is 5.09. The van der Waals surface area contributed by atoms with E-state index in [0.717, 1.165) is 5.56 Å². The molecule has 0 amide bonds. The van der Waals surface area contributed by atoms with Crippen LogP contribution in [0.4, 0.5) is 5.69 Å². The molecule has 7 heteroatoms. The molecule has 1 heterocycles. The van der Waals surface area contributed by atoms with Gasteiger partial charge in [-0.1, -0.05) is 48.0 Å². The third-order valence-electron chi connectivity index (χ3n) is 3.52. The second kappa shape index (κ2) is 5.39. The number of hydrogen-bond acceptors (Lipinski definition) is 4. The number of anilines is 1. The summed E-state index contributed by atoms with van der Waals surface area (Å²) >= 11 is 6.10. The second-order valence-corrected chi connectivity index (χ2v) is 7.03. The summed E-state index contributed by atoms with van der Waals surface area (Å²) in [5.74, 6) is 0. The zero-order chi connectivity index (χ0) is 15.8. The molecule has 2 aromatic carbocycles. The minimum absolute atomic E-state index is 0.0870. The van der Waals surface area contributed by atoms with E-state index in [9.17, 15) is 13.0 Å². The van der Waals surface area contributed by atoms with E-state index in [1.165, 1.54) is 6.21 Å². The zero-order valence-corrected chi connectivity index (χ0v) is 13.0. The number of nitrogens with one attached hydrogen (secondary N) is 1. The number of halogens is 1. The fourth-order valence-electron chi connectivity index (χ4n) is 2.35. The van der Waals surface area contributed by atoms with Crippen LogP contribution >= 0.6 is 11.6 Å². The Morgan fingerprint density at radius 1 is 1.14 bits per heavy atom. The van der Waals surface area contributed by atoms with Crippen LogP contribution in [-0.2, 0) is 16.5 Å². The second-order valence-electron chi connectivity index (χ2n) is 5.00. The van der Waals surface area contributed by atoms with Crippen LogP contribution in [0.1, 0.15) is 11.1 Å². The van der Waals surface area contributed by atoms with Crippen molar-refractivity contribution in [3.8, 4) is 0 Å². The lowest BCUT2D eigenvalue weighted by atomic mass is 10.1. The first-order chi connectivity index (χ1) is 10.4. The lowest BCUT2D eigenvalue weighted by Gasteiger charge is -2.32. The van der Waals surface area contributed by atoms with Crippen molar-refractivity contribution in [3.63, 3.8) is 0 Å². The normalized spacial score (nSPS) is 20.3. The quantitative estimate of drug-likeness (QED) is 0.845.